The smallest absolute Gasteiger partial charge is 0.158 e. The van der Waals surface area contributed by atoms with E-state index in [2.05, 4.69) is 29.1 Å². The van der Waals surface area contributed by atoms with Crippen molar-refractivity contribution in [1.82, 2.24) is 9.97 Å². The molecule has 1 heterocycles. The average Bonchev–Trinajstić information content (AvgIpc) is 2.77. The SMILES string of the molecule is CCOCc1nc(Cl)cc(NC2CCC(CC)C2C)n1. The van der Waals surface area contributed by atoms with Crippen LogP contribution in [0.3, 0.4) is 0 Å². The average molecular weight is 298 g/mol. The van der Waals surface area contributed by atoms with Crippen LogP contribution >= 0.6 is 11.6 Å². The first-order chi connectivity index (χ1) is 9.63. The molecule has 5 heteroatoms. The number of nitrogens with one attached hydrogen (secondary N) is 1. The van der Waals surface area contributed by atoms with E-state index in [9.17, 15) is 0 Å². The molecule has 0 amide bonds. The summed E-state index contributed by atoms with van der Waals surface area (Å²) in [6.45, 7) is 7.60. The summed E-state index contributed by atoms with van der Waals surface area (Å²) in [7, 11) is 0. The molecule has 3 unspecified atom stereocenters. The molecule has 3 atom stereocenters. The molecule has 0 bridgehead atoms. The van der Waals surface area contributed by atoms with Gasteiger partial charge in [0, 0.05) is 18.7 Å². The summed E-state index contributed by atoms with van der Waals surface area (Å²) in [5, 5.41) is 3.99. The van der Waals surface area contributed by atoms with Gasteiger partial charge in [0.2, 0.25) is 0 Å². The predicted molar refractivity (Wildman–Crippen MR) is 82.0 cm³/mol. The van der Waals surface area contributed by atoms with E-state index >= 15 is 0 Å². The lowest BCUT2D eigenvalue weighted by Crippen LogP contribution is -2.25. The fraction of sp³-hybridized carbons (Fsp3) is 0.733. The van der Waals surface area contributed by atoms with Crippen LogP contribution in [0, 0.1) is 11.8 Å². The normalized spacial score (nSPS) is 25.9. The van der Waals surface area contributed by atoms with Gasteiger partial charge in [-0.2, -0.15) is 0 Å². The zero-order chi connectivity index (χ0) is 14.5. The van der Waals surface area contributed by atoms with Crippen molar-refractivity contribution in [3.63, 3.8) is 0 Å². The highest BCUT2D eigenvalue weighted by atomic mass is 35.5. The van der Waals surface area contributed by atoms with E-state index in [4.69, 9.17) is 16.3 Å². The van der Waals surface area contributed by atoms with E-state index in [0.29, 0.717) is 36.2 Å². The Bertz CT molecular complexity index is 441. The molecule has 0 radical (unpaired) electrons. The third-order valence-corrected chi connectivity index (χ3v) is 4.45. The molecule has 112 valence electrons. The zero-order valence-electron chi connectivity index (χ0n) is 12.5. The molecule has 0 saturated heterocycles. The van der Waals surface area contributed by atoms with Gasteiger partial charge in [-0.1, -0.05) is 31.9 Å². The van der Waals surface area contributed by atoms with Gasteiger partial charge in [0.1, 0.15) is 17.6 Å². The number of ether oxygens (including phenoxy) is 1. The Hall–Kier alpha value is -0.870. The Labute approximate surface area is 126 Å². The van der Waals surface area contributed by atoms with Gasteiger partial charge >= 0.3 is 0 Å². The van der Waals surface area contributed by atoms with E-state index in [1.807, 2.05) is 6.92 Å². The standard InChI is InChI=1S/C15H24ClN3O/c1-4-11-6-7-12(10(11)3)17-14-8-13(16)18-15(19-14)9-20-5-2/h8,10-12H,4-7,9H2,1-3H3,(H,17,18,19). The van der Waals surface area contributed by atoms with Gasteiger partial charge in [0.05, 0.1) is 0 Å². The Kier molecular flexibility index (Phi) is 5.61. The number of anilines is 1. The Morgan fingerprint density at radius 2 is 2.15 bits per heavy atom. The summed E-state index contributed by atoms with van der Waals surface area (Å²) in [5.41, 5.74) is 0. The summed E-state index contributed by atoms with van der Waals surface area (Å²) < 4.78 is 5.34. The second-order valence-corrected chi connectivity index (χ2v) is 5.87. The van der Waals surface area contributed by atoms with Crippen molar-refractivity contribution in [2.45, 2.75) is 52.7 Å². The van der Waals surface area contributed by atoms with Crippen LogP contribution in [0.1, 0.15) is 45.9 Å². The Balaban J connectivity index is 2.03. The third kappa shape index (κ3) is 3.83. The first-order valence-electron chi connectivity index (χ1n) is 7.51. The van der Waals surface area contributed by atoms with Gasteiger partial charge in [0.25, 0.3) is 0 Å². The molecular weight excluding hydrogens is 274 g/mol. The largest absolute Gasteiger partial charge is 0.374 e. The number of aromatic nitrogens is 2. The van der Waals surface area contributed by atoms with Gasteiger partial charge in [0.15, 0.2) is 5.82 Å². The first-order valence-corrected chi connectivity index (χ1v) is 7.89. The molecule has 1 N–H and O–H groups in total. The van der Waals surface area contributed by atoms with Crippen molar-refractivity contribution in [2.75, 3.05) is 11.9 Å². The molecule has 0 spiro atoms. The summed E-state index contributed by atoms with van der Waals surface area (Å²) >= 11 is 6.06. The zero-order valence-corrected chi connectivity index (χ0v) is 13.3. The van der Waals surface area contributed by atoms with E-state index in [1.54, 1.807) is 6.07 Å². The summed E-state index contributed by atoms with van der Waals surface area (Å²) in [6, 6.07) is 2.27. The van der Waals surface area contributed by atoms with Crippen LogP contribution < -0.4 is 5.32 Å². The first kappa shape index (κ1) is 15.5. The van der Waals surface area contributed by atoms with Crippen molar-refractivity contribution >= 4 is 17.4 Å². The summed E-state index contributed by atoms with van der Waals surface area (Å²) in [4.78, 5) is 8.67. The highest BCUT2D eigenvalue weighted by Crippen LogP contribution is 2.35. The molecule has 20 heavy (non-hydrogen) atoms. The van der Waals surface area contributed by atoms with Crippen molar-refractivity contribution in [2.24, 2.45) is 11.8 Å². The van der Waals surface area contributed by atoms with E-state index in [0.717, 1.165) is 11.7 Å². The van der Waals surface area contributed by atoms with Gasteiger partial charge < -0.3 is 10.1 Å². The van der Waals surface area contributed by atoms with Gasteiger partial charge in [-0.05, 0) is 31.6 Å². The highest BCUT2D eigenvalue weighted by Gasteiger charge is 2.31. The van der Waals surface area contributed by atoms with Crippen LogP contribution in [0.5, 0.6) is 0 Å². The highest BCUT2D eigenvalue weighted by molar-refractivity contribution is 6.29. The van der Waals surface area contributed by atoms with Crippen LogP contribution in [0.25, 0.3) is 0 Å². The van der Waals surface area contributed by atoms with Gasteiger partial charge in [-0.25, -0.2) is 9.97 Å². The second kappa shape index (κ2) is 7.23. The molecule has 1 aromatic heterocycles. The van der Waals surface area contributed by atoms with Crippen molar-refractivity contribution in [1.29, 1.82) is 0 Å². The lowest BCUT2D eigenvalue weighted by Gasteiger charge is -2.21. The van der Waals surface area contributed by atoms with Crippen molar-refractivity contribution < 1.29 is 4.74 Å². The van der Waals surface area contributed by atoms with Crippen LogP contribution in [0.15, 0.2) is 6.07 Å². The summed E-state index contributed by atoms with van der Waals surface area (Å²) in [5.74, 6) is 2.93. The maximum absolute atomic E-state index is 6.06. The third-order valence-electron chi connectivity index (χ3n) is 4.26. The Morgan fingerprint density at radius 3 is 2.80 bits per heavy atom. The van der Waals surface area contributed by atoms with Crippen LogP contribution in [0.4, 0.5) is 5.82 Å². The molecule has 1 aromatic rings. The Morgan fingerprint density at radius 1 is 1.35 bits per heavy atom. The molecule has 0 aromatic carbocycles. The maximum Gasteiger partial charge on any atom is 0.158 e. The van der Waals surface area contributed by atoms with Gasteiger partial charge in [-0.15, -0.1) is 0 Å². The van der Waals surface area contributed by atoms with Crippen LogP contribution in [-0.2, 0) is 11.3 Å². The van der Waals surface area contributed by atoms with Crippen LogP contribution in [0.2, 0.25) is 5.15 Å². The minimum absolute atomic E-state index is 0.406. The molecule has 0 aliphatic heterocycles. The topological polar surface area (TPSA) is 47.0 Å². The van der Waals surface area contributed by atoms with Gasteiger partial charge in [-0.3, -0.25) is 0 Å². The molecular formula is C15H24ClN3O. The monoisotopic (exact) mass is 297 g/mol. The van der Waals surface area contributed by atoms with Crippen molar-refractivity contribution in [3.05, 3.63) is 17.0 Å². The van der Waals surface area contributed by atoms with E-state index in [1.165, 1.54) is 19.3 Å². The van der Waals surface area contributed by atoms with Crippen molar-refractivity contribution in [3.8, 4) is 0 Å². The van der Waals surface area contributed by atoms with Crippen LogP contribution in [-0.4, -0.2) is 22.6 Å². The van der Waals surface area contributed by atoms with E-state index in [-0.39, 0.29) is 0 Å². The number of halogens is 1. The molecule has 4 nitrogen and oxygen atoms in total. The quantitative estimate of drug-likeness (QED) is 0.809. The predicted octanol–water partition coefficient (Wildman–Crippen LogP) is 3.90. The minimum Gasteiger partial charge on any atom is -0.374 e. The number of rotatable bonds is 6. The molecule has 1 fully saturated rings. The molecule has 2 rings (SSSR count). The number of nitrogens with zero attached hydrogens (tertiary/aromatic N) is 2. The minimum atomic E-state index is 0.406. The van der Waals surface area contributed by atoms with E-state index < -0.39 is 0 Å². The maximum atomic E-state index is 6.06. The fourth-order valence-corrected chi connectivity index (χ4v) is 3.21. The second-order valence-electron chi connectivity index (χ2n) is 5.48. The number of hydrogen-bond acceptors (Lipinski definition) is 4. The molecule has 1 aliphatic carbocycles. The molecule has 1 saturated carbocycles. The lowest BCUT2D eigenvalue weighted by atomic mass is 9.93. The lowest BCUT2D eigenvalue weighted by molar-refractivity contribution is 0.128. The summed E-state index contributed by atoms with van der Waals surface area (Å²) in [6.07, 6.45) is 3.74. The fourth-order valence-electron chi connectivity index (χ4n) is 3.01. The molecule has 1 aliphatic rings. The number of hydrogen-bond donors (Lipinski definition) is 1.